The Bertz CT molecular complexity index is 500. The van der Waals surface area contributed by atoms with Gasteiger partial charge in [-0.25, -0.2) is 0 Å². The molecule has 0 bridgehead atoms. The molecule has 0 unspecified atom stereocenters. The monoisotopic (exact) mass is 275 g/mol. The summed E-state index contributed by atoms with van der Waals surface area (Å²) in [6.45, 7) is -1.07. The number of nitrogen functional groups attached to an aromatic ring is 1. The van der Waals surface area contributed by atoms with E-state index in [1.807, 2.05) is 0 Å². The lowest BCUT2D eigenvalue weighted by Gasteiger charge is -2.26. The number of nitrogens with zero attached hydrogens (tertiary/aromatic N) is 2. The van der Waals surface area contributed by atoms with Crippen molar-refractivity contribution in [1.82, 2.24) is 0 Å². The lowest BCUT2D eigenvalue weighted by molar-refractivity contribution is -0.383. The SMILES string of the molecule is Nc1cc(N(CC(F)(F)F)C2CC2)ccc1[N+](=O)[O-]. The largest absolute Gasteiger partial charge is 0.405 e. The van der Waals surface area contributed by atoms with Crippen LogP contribution in [-0.2, 0) is 0 Å². The van der Waals surface area contributed by atoms with E-state index >= 15 is 0 Å². The van der Waals surface area contributed by atoms with Gasteiger partial charge in [-0.15, -0.1) is 0 Å². The van der Waals surface area contributed by atoms with Gasteiger partial charge >= 0.3 is 6.18 Å². The molecule has 1 aliphatic rings. The van der Waals surface area contributed by atoms with E-state index in [9.17, 15) is 23.3 Å². The summed E-state index contributed by atoms with van der Waals surface area (Å²) in [5.41, 5.74) is 5.33. The first-order chi connectivity index (χ1) is 8.78. The third-order valence-electron chi connectivity index (χ3n) is 2.88. The molecule has 1 aliphatic carbocycles. The molecule has 0 aliphatic heterocycles. The Balaban J connectivity index is 2.27. The van der Waals surface area contributed by atoms with E-state index in [1.165, 1.54) is 17.0 Å². The topological polar surface area (TPSA) is 72.4 Å². The minimum Gasteiger partial charge on any atom is -0.393 e. The number of hydrogen-bond donors (Lipinski definition) is 1. The molecule has 5 nitrogen and oxygen atoms in total. The second-order valence-electron chi connectivity index (χ2n) is 4.47. The minimum atomic E-state index is -4.32. The van der Waals surface area contributed by atoms with Crippen LogP contribution in [-0.4, -0.2) is 23.7 Å². The fraction of sp³-hybridized carbons (Fsp3) is 0.455. The summed E-state index contributed by atoms with van der Waals surface area (Å²) in [6.07, 6.45) is -2.95. The second kappa shape index (κ2) is 4.60. The molecule has 1 fully saturated rings. The van der Waals surface area contributed by atoms with E-state index in [0.717, 1.165) is 6.07 Å². The van der Waals surface area contributed by atoms with E-state index < -0.39 is 17.6 Å². The average molecular weight is 275 g/mol. The molecule has 19 heavy (non-hydrogen) atoms. The first-order valence-electron chi connectivity index (χ1n) is 5.65. The molecular formula is C11H12F3N3O2. The normalized spacial score (nSPS) is 15.3. The Hall–Kier alpha value is -1.99. The summed E-state index contributed by atoms with van der Waals surface area (Å²) in [5, 5.41) is 10.6. The Morgan fingerprint density at radius 3 is 2.47 bits per heavy atom. The maximum absolute atomic E-state index is 12.5. The zero-order chi connectivity index (χ0) is 14.2. The smallest absolute Gasteiger partial charge is 0.393 e. The number of nitro benzene ring substituents is 1. The van der Waals surface area contributed by atoms with Crippen LogP contribution >= 0.6 is 0 Å². The fourth-order valence-corrected chi connectivity index (χ4v) is 1.90. The summed E-state index contributed by atoms with van der Waals surface area (Å²) >= 11 is 0. The van der Waals surface area contributed by atoms with E-state index in [2.05, 4.69) is 0 Å². The standard InChI is InChI=1S/C11H12F3N3O2/c12-11(13,14)6-16(7-1-2-7)8-3-4-10(17(18)19)9(15)5-8/h3-5,7H,1-2,6,15H2. The van der Waals surface area contributed by atoms with E-state index in [0.29, 0.717) is 12.8 Å². The Kier molecular flexibility index (Phi) is 3.25. The summed E-state index contributed by atoms with van der Waals surface area (Å²) in [4.78, 5) is 11.1. The molecule has 104 valence electrons. The van der Waals surface area contributed by atoms with Gasteiger partial charge < -0.3 is 10.6 Å². The van der Waals surface area contributed by atoms with Gasteiger partial charge in [0.15, 0.2) is 0 Å². The molecule has 0 atom stereocenters. The zero-order valence-corrected chi connectivity index (χ0v) is 9.85. The molecule has 1 saturated carbocycles. The van der Waals surface area contributed by atoms with E-state index in [4.69, 9.17) is 5.73 Å². The second-order valence-corrected chi connectivity index (χ2v) is 4.47. The Morgan fingerprint density at radius 2 is 2.05 bits per heavy atom. The molecule has 0 spiro atoms. The highest BCUT2D eigenvalue weighted by Crippen LogP contribution is 2.36. The number of alkyl halides is 3. The average Bonchev–Trinajstić information content (AvgIpc) is 3.07. The van der Waals surface area contributed by atoms with Gasteiger partial charge in [-0.1, -0.05) is 0 Å². The van der Waals surface area contributed by atoms with Crippen LogP contribution in [0.5, 0.6) is 0 Å². The van der Waals surface area contributed by atoms with Crippen molar-refractivity contribution in [1.29, 1.82) is 0 Å². The maximum atomic E-state index is 12.5. The molecule has 0 aromatic heterocycles. The van der Waals surface area contributed by atoms with Gasteiger partial charge in [-0.3, -0.25) is 10.1 Å². The molecule has 2 N–H and O–H groups in total. The van der Waals surface area contributed by atoms with E-state index in [-0.39, 0.29) is 23.1 Å². The highest BCUT2D eigenvalue weighted by atomic mass is 19.4. The zero-order valence-electron chi connectivity index (χ0n) is 9.85. The van der Waals surface area contributed by atoms with Gasteiger partial charge in [0.1, 0.15) is 12.2 Å². The number of benzene rings is 1. The number of rotatable bonds is 4. The molecule has 1 aromatic rings. The van der Waals surface area contributed by atoms with Gasteiger partial charge in [0.05, 0.1) is 4.92 Å². The highest BCUT2D eigenvalue weighted by Gasteiger charge is 2.38. The summed E-state index contributed by atoms with van der Waals surface area (Å²) in [6, 6.07) is 3.50. The van der Waals surface area contributed by atoms with Crippen molar-refractivity contribution in [3.63, 3.8) is 0 Å². The van der Waals surface area contributed by atoms with Gasteiger partial charge in [-0.05, 0) is 25.0 Å². The molecule has 2 rings (SSSR count). The number of anilines is 2. The first-order valence-corrected chi connectivity index (χ1v) is 5.65. The molecule has 0 heterocycles. The van der Waals surface area contributed by atoms with Gasteiger partial charge in [-0.2, -0.15) is 13.2 Å². The quantitative estimate of drug-likeness (QED) is 0.521. The summed E-state index contributed by atoms with van der Waals surface area (Å²) in [7, 11) is 0. The number of halogens is 3. The van der Waals surface area contributed by atoms with Crippen molar-refractivity contribution in [3.8, 4) is 0 Å². The summed E-state index contributed by atoms with van der Waals surface area (Å²) in [5.74, 6) is 0. The van der Waals surface area contributed by atoms with Crippen molar-refractivity contribution >= 4 is 17.1 Å². The van der Waals surface area contributed by atoms with Crippen LogP contribution < -0.4 is 10.6 Å². The minimum absolute atomic E-state index is 0.129. The molecular weight excluding hydrogens is 263 g/mol. The van der Waals surface area contributed by atoms with Crippen LogP contribution in [0.15, 0.2) is 18.2 Å². The third kappa shape index (κ3) is 3.27. The predicted molar refractivity (Wildman–Crippen MR) is 63.9 cm³/mol. The predicted octanol–water partition coefficient (Wildman–Crippen LogP) is 2.71. The third-order valence-corrected chi connectivity index (χ3v) is 2.88. The van der Waals surface area contributed by atoms with Crippen LogP contribution in [0, 0.1) is 10.1 Å². The van der Waals surface area contributed by atoms with Crippen molar-refractivity contribution in [2.24, 2.45) is 0 Å². The van der Waals surface area contributed by atoms with Crippen LogP contribution in [0.25, 0.3) is 0 Å². The molecule has 1 aromatic carbocycles. The lowest BCUT2D eigenvalue weighted by atomic mass is 10.2. The van der Waals surface area contributed by atoms with Crippen molar-refractivity contribution in [2.45, 2.75) is 25.1 Å². The lowest BCUT2D eigenvalue weighted by Crippen LogP contribution is -2.36. The van der Waals surface area contributed by atoms with E-state index in [1.54, 1.807) is 0 Å². The van der Waals surface area contributed by atoms with Crippen LogP contribution in [0.1, 0.15) is 12.8 Å². The van der Waals surface area contributed by atoms with Gasteiger partial charge in [0, 0.05) is 17.8 Å². The molecule has 0 saturated heterocycles. The Labute approximate surface area is 106 Å². The maximum Gasteiger partial charge on any atom is 0.405 e. The molecule has 8 heteroatoms. The number of hydrogen-bond acceptors (Lipinski definition) is 4. The first kappa shape index (κ1) is 13.4. The van der Waals surface area contributed by atoms with Crippen molar-refractivity contribution in [3.05, 3.63) is 28.3 Å². The number of nitro groups is 1. The van der Waals surface area contributed by atoms with Gasteiger partial charge in [0.25, 0.3) is 5.69 Å². The van der Waals surface area contributed by atoms with Gasteiger partial charge in [0.2, 0.25) is 0 Å². The van der Waals surface area contributed by atoms with Crippen LogP contribution in [0.3, 0.4) is 0 Å². The van der Waals surface area contributed by atoms with Crippen molar-refractivity contribution in [2.75, 3.05) is 17.2 Å². The fourth-order valence-electron chi connectivity index (χ4n) is 1.90. The molecule has 0 amide bonds. The number of nitrogens with two attached hydrogens (primary N) is 1. The van der Waals surface area contributed by atoms with Crippen LogP contribution in [0.4, 0.5) is 30.2 Å². The summed E-state index contributed by atoms with van der Waals surface area (Å²) < 4.78 is 37.5. The van der Waals surface area contributed by atoms with Crippen LogP contribution in [0.2, 0.25) is 0 Å². The van der Waals surface area contributed by atoms with Crippen molar-refractivity contribution < 1.29 is 18.1 Å². The Morgan fingerprint density at radius 1 is 1.42 bits per heavy atom. The highest BCUT2D eigenvalue weighted by molar-refractivity contribution is 5.67. The molecule has 0 radical (unpaired) electrons.